The molecule has 2 aliphatic rings. The number of fused-ring (bicyclic) bond motifs is 1. The maximum absolute atomic E-state index is 14.1. The van der Waals surface area contributed by atoms with Gasteiger partial charge in [0.15, 0.2) is 5.82 Å². The highest BCUT2D eigenvalue weighted by molar-refractivity contribution is 5.91. The molecule has 0 bridgehead atoms. The van der Waals surface area contributed by atoms with Crippen LogP contribution >= 0.6 is 0 Å². The van der Waals surface area contributed by atoms with Gasteiger partial charge < -0.3 is 24.8 Å². The average Bonchev–Trinajstić information content (AvgIpc) is 3.50. The number of halogens is 1. The molecule has 9 heteroatoms. The highest BCUT2D eigenvalue weighted by Gasteiger charge is 2.27. The van der Waals surface area contributed by atoms with E-state index in [2.05, 4.69) is 15.2 Å². The quantitative estimate of drug-likeness (QED) is 0.606. The van der Waals surface area contributed by atoms with E-state index >= 15 is 0 Å². The number of hydrogen-bond donors (Lipinski definition) is 2. The highest BCUT2D eigenvalue weighted by atomic mass is 19.1. The number of aromatic nitrogens is 2. The van der Waals surface area contributed by atoms with Crippen molar-refractivity contribution in [3.63, 3.8) is 0 Å². The number of alkyl carbamates (subject to hydrolysis) is 1. The monoisotopic (exact) mass is 454 g/mol. The molecule has 2 fully saturated rings. The molecule has 5 rings (SSSR count). The van der Waals surface area contributed by atoms with Crippen LogP contribution in [0.1, 0.15) is 14.3 Å². The Hall–Kier alpha value is -3.46. The molecule has 2 N–H and O–H groups in total. The Morgan fingerprint density at radius 1 is 1.27 bits per heavy atom. The molecule has 3 aromatic rings. The van der Waals surface area contributed by atoms with Crippen LogP contribution in [0.15, 0.2) is 42.5 Å². The van der Waals surface area contributed by atoms with E-state index in [1.165, 1.54) is 12.1 Å². The Kier molecular flexibility index (Phi) is 5.95. The summed E-state index contributed by atoms with van der Waals surface area (Å²) < 4.78 is 24.6. The van der Waals surface area contributed by atoms with Gasteiger partial charge in [-0.05, 0) is 42.7 Å². The summed E-state index contributed by atoms with van der Waals surface area (Å²) in [7, 11) is 0. The van der Waals surface area contributed by atoms with Gasteiger partial charge in [0.25, 0.3) is 0 Å². The molecule has 0 aliphatic carbocycles. The van der Waals surface area contributed by atoms with E-state index in [1.54, 1.807) is 30.3 Å². The van der Waals surface area contributed by atoms with Gasteiger partial charge >= 0.3 is 6.09 Å². The van der Waals surface area contributed by atoms with Crippen LogP contribution in [-0.4, -0.2) is 60.1 Å². The molecule has 2 aromatic carbocycles. The van der Waals surface area contributed by atoms with Crippen molar-refractivity contribution in [2.75, 3.05) is 37.7 Å². The Labute approximate surface area is 191 Å². The first-order valence-corrected chi connectivity index (χ1v) is 11.1. The molecule has 0 radical (unpaired) electrons. The average molecular weight is 455 g/mol. The predicted molar refractivity (Wildman–Crippen MR) is 123 cm³/mol. The van der Waals surface area contributed by atoms with Crippen LogP contribution in [0, 0.1) is 11.7 Å². The molecule has 33 heavy (non-hydrogen) atoms. The van der Waals surface area contributed by atoms with Crippen LogP contribution in [0.2, 0.25) is 0 Å². The standard InChI is InChI=1S/C24H25FN4O4.H2/c25-16-5-6-20-19(11-16)23(28-22(27-20)18-3-1-2-4-21(18)30)29-9-7-15(13-29)12-26-24(31)33-17-8-10-32-14-17;/h1-6,11,15,17,30H,7-10,12-14H2,(H,26,31);1H/t15-,17-;/m0./s1. The number of para-hydroxylation sites is 1. The smallest absolute Gasteiger partial charge is 0.407 e. The number of hydrogen-bond acceptors (Lipinski definition) is 7. The number of benzene rings is 2. The number of amides is 1. The van der Waals surface area contributed by atoms with Gasteiger partial charge in [-0.25, -0.2) is 19.2 Å². The maximum atomic E-state index is 14.1. The van der Waals surface area contributed by atoms with Gasteiger partial charge in [0.05, 0.1) is 24.3 Å². The third-order valence-electron chi connectivity index (χ3n) is 6.06. The van der Waals surface area contributed by atoms with Gasteiger partial charge in [-0.2, -0.15) is 0 Å². The van der Waals surface area contributed by atoms with Crippen LogP contribution in [0.5, 0.6) is 5.75 Å². The number of phenolic OH excluding ortho intramolecular Hbond substituents is 1. The summed E-state index contributed by atoms with van der Waals surface area (Å²) >= 11 is 0. The lowest BCUT2D eigenvalue weighted by Gasteiger charge is -2.21. The second-order valence-corrected chi connectivity index (χ2v) is 8.42. The normalized spacial score (nSPS) is 20.3. The summed E-state index contributed by atoms with van der Waals surface area (Å²) in [6, 6.07) is 11.3. The number of phenols is 1. The highest BCUT2D eigenvalue weighted by Crippen LogP contribution is 2.33. The Bertz CT molecular complexity index is 1170. The molecule has 0 spiro atoms. The van der Waals surface area contributed by atoms with E-state index < -0.39 is 6.09 Å². The van der Waals surface area contributed by atoms with Gasteiger partial charge in [-0.15, -0.1) is 0 Å². The predicted octanol–water partition coefficient (Wildman–Crippen LogP) is 3.73. The van der Waals surface area contributed by atoms with E-state index in [0.29, 0.717) is 61.0 Å². The molecule has 1 amide bonds. The number of rotatable bonds is 5. The second kappa shape index (κ2) is 9.19. The van der Waals surface area contributed by atoms with Crippen molar-refractivity contribution in [1.82, 2.24) is 15.3 Å². The molecule has 1 aromatic heterocycles. The lowest BCUT2D eigenvalue weighted by molar-refractivity contribution is 0.0825. The minimum atomic E-state index is -0.430. The van der Waals surface area contributed by atoms with Crippen molar-refractivity contribution in [2.45, 2.75) is 18.9 Å². The molecule has 2 saturated heterocycles. The topological polar surface area (TPSA) is 96.8 Å². The lowest BCUT2D eigenvalue weighted by atomic mass is 10.1. The number of nitrogens with zero attached hydrogens (tertiary/aromatic N) is 3. The number of carbonyl (C=O) groups excluding carboxylic acids is 1. The van der Waals surface area contributed by atoms with Gasteiger partial charge in [-0.1, -0.05) is 12.1 Å². The molecular weight excluding hydrogens is 427 g/mol. The van der Waals surface area contributed by atoms with Crippen molar-refractivity contribution in [3.05, 3.63) is 48.3 Å². The summed E-state index contributed by atoms with van der Waals surface area (Å²) in [5.41, 5.74) is 1.12. The molecule has 8 nitrogen and oxygen atoms in total. The van der Waals surface area contributed by atoms with Crippen molar-refractivity contribution in [1.29, 1.82) is 0 Å². The first-order chi connectivity index (χ1) is 16.1. The molecular formula is C24H27FN4O4. The third kappa shape index (κ3) is 4.68. The largest absolute Gasteiger partial charge is 0.507 e. The SMILES string of the molecule is O=C(NC[C@@H]1CCN(c2nc(-c3ccccc3O)nc3ccc(F)cc23)C1)O[C@H]1CCOC1.[HH]. The van der Waals surface area contributed by atoms with Crippen molar-refractivity contribution >= 4 is 22.8 Å². The fourth-order valence-electron chi connectivity index (χ4n) is 4.33. The van der Waals surface area contributed by atoms with Crippen LogP contribution < -0.4 is 10.2 Å². The maximum Gasteiger partial charge on any atom is 0.407 e. The Morgan fingerprint density at radius 3 is 2.97 bits per heavy atom. The minimum Gasteiger partial charge on any atom is -0.507 e. The zero-order valence-electron chi connectivity index (χ0n) is 18.0. The first kappa shape index (κ1) is 21.4. The molecule has 2 atom stereocenters. The summed E-state index contributed by atoms with van der Waals surface area (Å²) in [4.78, 5) is 23.4. The molecule has 2 aliphatic heterocycles. The van der Waals surface area contributed by atoms with Crippen molar-refractivity contribution in [2.24, 2.45) is 5.92 Å². The van der Waals surface area contributed by atoms with E-state index in [0.717, 1.165) is 12.8 Å². The molecule has 174 valence electrons. The number of ether oxygens (including phenoxy) is 2. The number of carbonyl (C=O) groups is 1. The Balaban J connectivity index is 0.00000274. The number of anilines is 1. The molecule has 3 heterocycles. The van der Waals surface area contributed by atoms with Gasteiger partial charge in [0.1, 0.15) is 23.5 Å². The molecule has 0 saturated carbocycles. The fourth-order valence-corrected chi connectivity index (χ4v) is 4.33. The lowest BCUT2D eigenvalue weighted by Crippen LogP contribution is -2.34. The van der Waals surface area contributed by atoms with Crippen molar-refractivity contribution in [3.8, 4) is 17.1 Å². The van der Waals surface area contributed by atoms with Crippen LogP contribution in [0.25, 0.3) is 22.3 Å². The molecule has 0 unspecified atom stereocenters. The van der Waals surface area contributed by atoms with E-state index in [-0.39, 0.29) is 25.0 Å². The minimum absolute atomic E-state index is 0. The van der Waals surface area contributed by atoms with E-state index in [9.17, 15) is 14.3 Å². The van der Waals surface area contributed by atoms with Crippen LogP contribution in [0.3, 0.4) is 0 Å². The summed E-state index contributed by atoms with van der Waals surface area (Å²) in [5.74, 6) is 0.917. The second-order valence-electron chi connectivity index (χ2n) is 8.42. The Morgan fingerprint density at radius 2 is 2.15 bits per heavy atom. The van der Waals surface area contributed by atoms with E-state index in [4.69, 9.17) is 14.5 Å². The summed E-state index contributed by atoms with van der Waals surface area (Å²) in [6.07, 6.45) is 0.960. The summed E-state index contributed by atoms with van der Waals surface area (Å²) in [5, 5.41) is 13.7. The van der Waals surface area contributed by atoms with Gasteiger partial charge in [0.2, 0.25) is 0 Å². The third-order valence-corrected chi connectivity index (χ3v) is 6.06. The zero-order valence-corrected chi connectivity index (χ0v) is 18.0. The first-order valence-electron chi connectivity index (χ1n) is 11.1. The van der Waals surface area contributed by atoms with E-state index in [1.807, 2.05) is 0 Å². The fraction of sp³-hybridized carbons (Fsp3) is 0.375. The summed E-state index contributed by atoms with van der Waals surface area (Å²) in [6.45, 7) is 2.90. The zero-order chi connectivity index (χ0) is 22.8. The van der Waals surface area contributed by atoms with Gasteiger partial charge in [0, 0.05) is 32.9 Å². The van der Waals surface area contributed by atoms with Crippen LogP contribution in [-0.2, 0) is 9.47 Å². The number of aromatic hydroxyl groups is 1. The van der Waals surface area contributed by atoms with Crippen LogP contribution in [0.4, 0.5) is 15.0 Å². The number of nitrogens with one attached hydrogen (secondary N) is 1. The van der Waals surface area contributed by atoms with Crippen molar-refractivity contribution < 1.29 is 25.2 Å². The van der Waals surface area contributed by atoms with Gasteiger partial charge in [-0.3, -0.25) is 0 Å².